The number of benzene rings is 3. The molecule has 3 aromatic rings. The lowest BCUT2D eigenvalue weighted by Crippen LogP contribution is -2.47. The molecule has 0 N–H and O–H groups in total. The second-order valence-electron chi connectivity index (χ2n) is 7.09. The van der Waals surface area contributed by atoms with E-state index in [-0.39, 0.29) is 0 Å². The van der Waals surface area contributed by atoms with Crippen LogP contribution in [0, 0.1) is 11.3 Å². The number of anilines is 1. The average Bonchev–Trinajstić information content (AvgIpc) is 2.74. The SMILES string of the molecule is CCOc1cccc(CN2CCCCN2c2ccc(C#N)c3ccccc23)c1. The van der Waals surface area contributed by atoms with Gasteiger partial charge in [0.15, 0.2) is 0 Å². The van der Waals surface area contributed by atoms with Gasteiger partial charge in [0.1, 0.15) is 5.75 Å². The lowest BCUT2D eigenvalue weighted by Gasteiger charge is -2.41. The van der Waals surface area contributed by atoms with Gasteiger partial charge in [0.05, 0.1) is 23.9 Å². The van der Waals surface area contributed by atoms with Crippen molar-refractivity contribution in [2.24, 2.45) is 0 Å². The summed E-state index contributed by atoms with van der Waals surface area (Å²) in [6.07, 6.45) is 2.36. The van der Waals surface area contributed by atoms with Crippen molar-refractivity contribution in [1.82, 2.24) is 5.01 Å². The summed E-state index contributed by atoms with van der Waals surface area (Å²) in [5, 5.41) is 16.4. The molecular formula is C24H25N3O. The van der Waals surface area contributed by atoms with Crippen LogP contribution >= 0.6 is 0 Å². The van der Waals surface area contributed by atoms with E-state index in [0.29, 0.717) is 6.61 Å². The van der Waals surface area contributed by atoms with Crippen LogP contribution in [0.15, 0.2) is 60.7 Å². The Hall–Kier alpha value is -3.03. The minimum Gasteiger partial charge on any atom is -0.494 e. The third-order valence-corrected chi connectivity index (χ3v) is 5.25. The maximum atomic E-state index is 9.47. The summed E-state index contributed by atoms with van der Waals surface area (Å²) in [5.41, 5.74) is 3.15. The second kappa shape index (κ2) is 8.33. The van der Waals surface area contributed by atoms with Gasteiger partial charge in [0.2, 0.25) is 0 Å². The predicted octanol–water partition coefficient (Wildman–Crippen LogP) is 5.13. The Morgan fingerprint density at radius 1 is 0.964 bits per heavy atom. The van der Waals surface area contributed by atoms with Gasteiger partial charge in [-0.05, 0) is 49.6 Å². The molecule has 0 aromatic heterocycles. The van der Waals surface area contributed by atoms with Gasteiger partial charge in [-0.2, -0.15) is 5.26 Å². The zero-order chi connectivity index (χ0) is 19.3. The van der Waals surface area contributed by atoms with Gasteiger partial charge in [-0.3, -0.25) is 0 Å². The Labute approximate surface area is 166 Å². The summed E-state index contributed by atoms with van der Waals surface area (Å²) in [7, 11) is 0. The number of fused-ring (bicyclic) bond motifs is 1. The van der Waals surface area contributed by atoms with Gasteiger partial charge in [0, 0.05) is 30.4 Å². The van der Waals surface area contributed by atoms with Gasteiger partial charge >= 0.3 is 0 Å². The van der Waals surface area contributed by atoms with E-state index in [1.165, 1.54) is 24.1 Å². The number of hydrogen-bond donors (Lipinski definition) is 0. The molecule has 4 nitrogen and oxygen atoms in total. The third-order valence-electron chi connectivity index (χ3n) is 5.25. The number of rotatable bonds is 5. The minimum atomic E-state index is 0.677. The molecule has 0 bridgehead atoms. The second-order valence-corrected chi connectivity index (χ2v) is 7.09. The van der Waals surface area contributed by atoms with Crippen molar-refractivity contribution >= 4 is 16.5 Å². The van der Waals surface area contributed by atoms with Crippen molar-refractivity contribution in [3.05, 3.63) is 71.8 Å². The van der Waals surface area contributed by atoms with E-state index in [9.17, 15) is 5.26 Å². The monoisotopic (exact) mass is 371 g/mol. The van der Waals surface area contributed by atoms with Gasteiger partial charge in [-0.15, -0.1) is 0 Å². The Morgan fingerprint density at radius 3 is 2.61 bits per heavy atom. The molecular weight excluding hydrogens is 346 g/mol. The fourth-order valence-electron chi connectivity index (χ4n) is 3.97. The van der Waals surface area contributed by atoms with Crippen LogP contribution in [0.3, 0.4) is 0 Å². The Kier molecular flexibility index (Phi) is 5.45. The van der Waals surface area contributed by atoms with Crippen LogP contribution in [0.2, 0.25) is 0 Å². The lowest BCUT2D eigenvalue weighted by molar-refractivity contribution is 0.204. The molecule has 1 aliphatic heterocycles. The Balaban J connectivity index is 1.68. The first-order valence-electron chi connectivity index (χ1n) is 9.96. The van der Waals surface area contributed by atoms with Crippen molar-refractivity contribution in [3.63, 3.8) is 0 Å². The van der Waals surface area contributed by atoms with Gasteiger partial charge in [-0.25, -0.2) is 5.01 Å². The molecule has 0 saturated carbocycles. The lowest BCUT2D eigenvalue weighted by atomic mass is 10.0. The van der Waals surface area contributed by atoms with Crippen molar-refractivity contribution < 1.29 is 4.74 Å². The molecule has 4 heteroatoms. The molecule has 0 amide bonds. The van der Waals surface area contributed by atoms with E-state index in [1.807, 2.05) is 37.3 Å². The van der Waals surface area contributed by atoms with E-state index in [0.717, 1.165) is 41.7 Å². The molecule has 0 unspecified atom stereocenters. The summed E-state index contributed by atoms with van der Waals surface area (Å²) >= 11 is 0. The molecule has 142 valence electrons. The van der Waals surface area contributed by atoms with Crippen LogP contribution in [-0.4, -0.2) is 24.7 Å². The average molecular weight is 371 g/mol. The normalized spacial score (nSPS) is 14.8. The molecule has 0 radical (unpaired) electrons. The maximum Gasteiger partial charge on any atom is 0.119 e. The van der Waals surface area contributed by atoms with E-state index in [2.05, 4.69) is 46.4 Å². The minimum absolute atomic E-state index is 0.677. The molecule has 4 rings (SSSR count). The highest BCUT2D eigenvalue weighted by Gasteiger charge is 2.22. The van der Waals surface area contributed by atoms with Gasteiger partial charge < -0.3 is 9.75 Å². The first kappa shape index (κ1) is 18.3. The van der Waals surface area contributed by atoms with Crippen LogP contribution in [0.1, 0.15) is 30.9 Å². The number of hydrogen-bond acceptors (Lipinski definition) is 4. The molecule has 0 atom stereocenters. The van der Waals surface area contributed by atoms with Crippen LogP contribution in [0.5, 0.6) is 5.75 Å². The predicted molar refractivity (Wildman–Crippen MR) is 113 cm³/mol. The largest absolute Gasteiger partial charge is 0.494 e. The number of nitrogens with zero attached hydrogens (tertiary/aromatic N) is 3. The van der Waals surface area contributed by atoms with E-state index in [1.54, 1.807) is 0 Å². The molecule has 3 aromatic carbocycles. The smallest absolute Gasteiger partial charge is 0.119 e. The van der Waals surface area contributed by atoms with E-state index in [4.69, 9.17) is 4.74 Å². The summed E-state index contributed by atoms with van der Waals surface area (Å²) in [4.78, 5) is 0. The van der Waals surface area contributed by atoms with E-state index < -0.39 is 0 Å². The van der Waals surface area contributed by atoms with Crippen molar-refractivity contribution in [1.29, 1.82) is 5.26 Å². The topological polar surface area (TPSA) is 39.5 Å². The van der Waals surface area contributed by atoms with Crippen molar-refractivity contribution in [2.75, 3.05) is 24.7 Å². The van der Waals surface area contributed by atoms with Gasteiger partial charge in [-0.1, -0.05) is 36.4 Å². The van der Waals surface area contributed by atoms with Crippen molar-refractivity contribution in [3.8, 4) is 11.8 Å². The summed E-state index contributed by atoms with van der Waals surface area (Å²) in [6.45, 7) is 5.54. The maximum absolute atomic E-state index is 9.47. The van der Waals surface area contributed by atoms with E-state index >= 15 is 0 Å². The van der Waals surface area contributed by atoms with Gasteiger partial charge in [0.25, 0.3) is 0 Å². The summed E-state index contributed by atoms with van der Waals surface area (Å²) < 4.78 is 5.67. The molecule has 1 fully saturated rings. The molecule has 1 heterocycles. The molecule has 28 heavy (non-hydrogen) atoms. The highest BCUT2D eigenvalue weighted by Crippen LogP contribution is 2.32. The summed E-state index contributed by atoms with van der Waals surface area (Å²) in [6, 6.07) is 22.9. The highest BCUT2D eigenvalue weighted by molar-refractivity contribution is 5.97. The molecule has 0 aliphatic carbocycles. The molecule has 0 spiro atoms. The Morgan fingerprint density at radius 2 is 1.79 bits per heavy atom. The fourth-order valence-corrected chi connectivity index (χ4v) is 3.97. The highest BCUT2D eigenvalue weighted by atomic mass is 16.5. The fraction of sp³-hybridized carbons (Fsp3) is 0.292. The summed E-state index contributed by atoms with van der Waals surface area (Å²) in [5.74, 6) is 0.924. The van der Waals surface area contributed by atoms with Crippen LogP contribution in [-0.2, 0) is 6.54 Å². The molecule has 1 saturated heterocycles. The quantitative estimate of drug-likeness (QED) is 0.623. The standard InChI is InChI=1S/C24H25N3O/c1-2-28-21-9-7-8-19(16-21)18-26-14-5-6-15-27(26)24-13-12-20(17-25)22-10-3-4-11-23(22)24/h3-4,7-13,16H,2,5-6,14-15,18H2,1H3. The number of hydrazine groups is 1. The van der Waals surface area contributed by atoms with Crippen molar-refractivity contribution in [2.45, 2.75) is 26.3 Å². The molecule has 1 aliphatic rings. The Bertz CT molecular complexity index is 1010. The van der Waals surface area contributed by atoms with Crippen LogP contribution in [0.4, 0.5) is 5.69 Å². The van der Waals surface area contributed by atoms with Crippen LogP contribution < -0.4 is 9.75 Å². The van der Waals surface area contributed by atoms with Crippen LogP contribution in [0.25, 0.3) is 10.8 Å². The number of nitriles is 1. The number of ether oxygens (including phenoxy) is 1. The first-order valence-corrected chi connectivity index (χ1v) is 9.96. The third kappa shape index (κ3) is 3.67. The zero-order valence-electron chi connectivity index (χ0n) is 16.3. The first-order chi connectivity index (χ1) is 13.8. The zero-order valence-corrected chi connectivity index (χ0v) is 16.3.